The minimum Gasteiger partial charge on any atom is -0.381 e. The van der Waals surface area contributed by atoms with E-state index in [1.54, 1.807) is 13.8 Å². The Morgan fingerprint density at radius 1 is 0.812 bits per heavy atom. The zero-order chi connectivity index (χ0) is 12.6. The van der Waals surface area contributed by atoms with Gasteiger partial charge in [-0.1, -0.05) is 0 Å². The van der Waals surface area contributed by atoms with Gasteiger partial charge in [0.25, 0.3) is 0 Å². The van der Waals surface area contributed by atoms with E-state index in [4.69, 9.17) is 0 Å². The van der Waals surface area contributed by atoms with Crippen molar-refractivity contribution in [3.63, 3.8) is 0 Å². The maximum Gasteiger partial charge on any atom is 0.174 e. The summed E-state index contributed by atoms with van der Waals surface area (Å²) in [5.41, 5.74) is -5.66. The molecule has 4 nitrogen and oxygen atoms in total. The number of rotatable bonds is 0. The van der Waals surface area contributed by atoms with Crippen LogP contribution >= 0.6 is 0 Å². The number of aliphatic hydroxyl groups is 2. The summed E-state index contributed by atoms with van der Waals surface area (Å²) in [6, 6.07) is 0. The first-order valence-corrected chi connectivity index (χ1v) is 5.56. The van der Waals surface area contributed by atoms with Crippen LogP contribution in [0.4, 0.5) is 0 Å². The van der Waals surface area contributed by atoms with Gasteiger partial charge in [0.05, 0.1) is 10.8 Å². The van der Waals surface area contributed by atoms with Crippen LogP contribution in [0.2, 0.25) is 0 Å². The Morgan fingerprint density at radius 3 is 1.31 bits per heavy atom. The van der Waals surface area contributed by atoms with Crippen LogP contribution in [0.1, 0.15) is 40.5 Å². The summed E-state index contributed by atoms with van der Waals surface area (Å²) >= 11 is 0. The zero-order valence-corrected chi connectivity index (χ0v) is 10.1. The van der Waals surface area contributed by atoms with Gasteiger partial charge in [-0.2, -0.15) is 0 Å². The van der Waals surface area contributed by atoms with Gasteiger partial charge in [0, 0.05) is 0 Å². The highest BCUT2D eigenvalue weighted by Crippen LogP contribution is 2.60. The van der Waals surface area contributed by atoms with Crippen molar-refractivity contribution in [2.75, 3.05) is 0 Å². The Kier molecular flexibility index (Phi) is 1.88. The van der Waals surface area contributed by atoms with E-state index in [2.05, 4.69) is 0 Å². The Morgan fingerprint density at radius 2 is 1.06 bits per heavy atom. The lowest BCUT2D eigenvalue weighted by molar-refractivity contribution is -0.222. The lowest BCUT2D eigenvalue weighted by atomic mass is 9.42. The number of carbonyl (C=O) groups excluding carboxylic acids is 2. The molecule has 0 radical (unpaired) electrons. The fraction of sp³-hybridized carbons (Fsp3) is 0.833. The predicted octanol–water partition coefficient (Wildman–Crippen LogP) is 0.447. The second kappa shape index (κ2) is 2.57. The van der Waals surface area contributed by atoms with Gasteiger partial charge >= 0.3 is 0 Å². The number of carbonyl (C=O) groups is 2. The summed E-state index contributed by atoms with van der Waals surface area (Å²) in [5.74, 6) is -0.836. The molecule has 0 amide bonds. The molecule has 0 aromatic rings. The summed E-state index contributed by atoms with van der Waals surface area (Å²) in [7, 11) is 0. The Labute approximate surface area is 94.7 Å². The van der Waals surface area contributed by atoms with Crippen molar-refractivity contribution in [2.45, 2.75) is 51.7 Å². The molecule has 4 atom stereocenters. The van der Waals surface area contributed by atoms with Crippen LogP contribution in [0.15, 0.2) is 0 Å². The molecule has 3 fully saturated rings. The quantitative estimate of drug-likeness (QED) is 0.628. The molecule has 0 spiro atoms. The predicted molar refractivity (Wildman–Crippen MR) is 56.7 cm³/mol. The summed E-state index contributed by atoms with van der Waals surface area (Å²) in [6.07, 6.45) is 0.883. The van der Waals surface area contributed by atoms with E-state index in [9.17, 15) is 19.8 Å². The molecule has 3 aliphatic carbocycles. The fourth-order valence-corrected chi connectivity index (χ4v) is 3.23. The minimum atomic E-state index is -1.67. The molecular formula is C12H18O4. The highest BCUT2D eigenvalue weighted by Gasteiger charge is 2.75. The van der Waals surface area contributed by atoms with Crippen molar-refractivity contribution in [3.8, 4) is 0 Å². The van der Waals surface area contributed by atoms with E-state index in [1.165, 1.54) is 13.8 Å². The highest BCUT2D eigenvalue weighted by atomic mass is 16.3. The standard InChI is InChI=1S/C12H18O4/c1-9-5-6-10(2,8(14)11(9,3)15)12(4,16)7(9)13/h15-16H,5-6H2,1-4H3. The van der Waals surface area contributed by atoms with E-state index < -0.39 is 33.6 Å². The van der Waals surface area contributed by atoms with Gasteiger partial charge in [-0.15, -0.1) is 0 Å². The summed E-state index contributed by atoms with van der Waals surface area (Å²) < 4.78 is 0. The van der Waals surface area contributed by atoms with Crippen molar-refractivity contribution < 1.29 is 19.8 Å². The number of hydrogen-bond acceptors (Lipinski definition) is 4. The first-order valence-electron chi connectivity index (χ1n) is 5.56. The van der Waals surface area contributed by atoms with E-state index in [0.717, 1.165) is 0 Å². The van der Waals surface area contributed by atoms with Crippen LogP contribution in [0, 0.1) is 10.8 Å². The Bertz CT molecular complexity index is 358. The molecule has 16 heavy (non-hydrogen) atoms. The van der Waals surface area contributed by atoms with E-state index in [1.807, 2.05) is 0 Å². The maximum absolute atomic E-state index is 12.2. The van der Waals surface area contributed by atoms with E-state index in [-0.39, 0.29) is 0 Å². The van der Waals surface area contributed by atoms with Gasteiger partial charge in [-0.3, -0.25) is 9.59 Å². The Balaban J connectivity index is 2.71. The second-order valence-electron chi connectivity index (χ2n) is 5.97. The van der Waals surface area contributed by atoms with Crippen LogP contribution in [-0.4, -0.2) is 33.0 Å². The summed E-state index contributed by atoms with van der Waals surface area (Å²) in [4.78, 5) is 24.5. The third-order valence-corrected chi connectivity index (χ3v) is 5.16. The van der Waals surface area contributed by atoms with Gasteiger partial charge < -0.3 is 10.2 Å². The van der Waals surface area contributed by atoms with Crippen LogP contribution in [0.5, 0.6) is 0 Å². The SMILES string of the molecule is CC1(O)C(=O)C2(C)CCC1(C)C(=O)C2(C)O. The average Bonchev–Trinajstić information content (AvgIpc) is 2.18. The molecule has 0 heterocycles. The molecule has 2 N–H and O–H groups in total. The number of Topliss-reactive ketones (excluding diaryl/α,β-unsaturated/α-hetero) is 2. The molecule has 0 aliphatic heterocycles. The smallest absolute Gasteiger partial charge is 0.174 e. The molecule has 90 valence electrons. The summed E-state index contributed by atoms with van der Waals surface area (Å²) in [5, 5.41) is 20.6. The molecule has 3 saturated carbocycles. The topological polar surface area (TPSA) is 74.6 Å². The molecule has 3 rings (SSSR count). The minimum absolute atomic E-state index is 0.418. The summed E-state index contributed by atoms with van der Waals surface area (Å²) in [6.45, 7) is 5.92. The highest BCUT2D eigenvalue weighted by molar-refractivity contribution is 6.11. The van der Waals surface area contributed by atoms with Crippen molar-refractivity contribution in [2.24, 2.45) is 10.8 Å². The number of fused-ring (bicyclic) bond motifs is 3. The molecular weight excluding hydrogens is 208 g/mol. The Hall–Kier alpha value is -0.740. The van der Waals surface area contributed by atoms with Crippen molar-refractivity contribution >= 4 is 11.6 Å². The van der Waals surface area contributed by atoms with Crippen molar-refractivity contribution in [1.82, 2.24) is 0 Å². The third kappa shape index (κ3) is 0.856. The van der Waals surface area contributed by atoms with Gasteiger partial charge in [-0.05, 0) is 40.5 Å². The first-order chi connectivity index (χ1) is 7.02. The maximum atomic E-state index is 12.2. The molecule has 4 heteroatoms. The van der Waals surface area contributed by atoms with Gasteiger partial charge in [0.1, 0.15) is 11.2 Å². The normalized spacial score (nSPS) is 56.9. The first kappa shape index (κ1) is 11.7. The van der Waals surface area contributed by atoms with Crippen molar-refractivity contribution in [1.29, 1.82) is 0 Å². The monoisotopic (exact) mass is 226 g/mol. The van der Waals surface area contributed by atoms with Crippen LogP contribution < -0.4 is 0 Å². The van der Waals surface area contributed by atoms with Gasteiger partial charge in [0.15, 0.2) is 11.6 Å². The largest absolute Gasteiger partial charge is 0.381 e. The van der Waals surface area contributed by atoms with Crippen molar-refractivity contribution in [3.05, 3.63) is 0 Å². The molecule has 0 aromatic heterocycles. The lowest BCUT2D eigenvalue weighted by Gasteiger charge is -2.61. The second-order valence-corrected chi connectivity index (χ2v) is 5.97. The van der Waals surface area contributed by atoms with E-state index >= 15 is 0 Å². The fourth-order valence-electron chi connectivity index (χ4n) is 3.23. The van der Waals surface area contributed by atoms with Gasteiger partial charge in [0.2, 0.25) is 0 Å². The number of ketones is 2. The zero-order valence-electron chi connectivity index (χ0n) is 10.1. The average molecular weight is 226 g/mol. The third-order valence-electron chi connectivity index (χ3n) is 5.16. The molecule has 3 aliphatic rings. The van der Waals surface area contributed by atoms with Crippen LogP contribution in [0.3, 0.4) is 0 Å². The molecule has 0 saturated heterocycles. The lowest BCUT2D eigenvalue weighted by Crippen LogP contribution is -2.77. The van der Waals surface area contributed by atoms with Crippen LogP contribution in [0.25, 0.3) is 0 Å². The molecule has 2 bridgehead atoms. The molecule has 0 aromatic carbocycles. The van der Waals surface area contributed by atoms with E-state index in [0.29, 0.717) is 12.8 Å². The molecule has 4 unspecified atom stereocenters. The van der Waals surface area contributed by atoms with Gasteiger partial charge in [-0.25, -0.2) is 0 Å². The van der Waals surface area contributed by atoms with Crippen LogP contribution in [-0.2, 0) is 9.59 Å². The number of hydrogen-bond donors (Lipinski definition) is 2.